The summed E-state index contributed by atoms with van der Waals surface area (Å²) in [6.45, 7) is 0. The van der Waals surface area contributed by atoms with Crippen molar-refractivity contribution in [1.29, 1.82) is 0 Å². The average Bonchev–Trinajstić information content (AvgIpc) is 4.35. The minimum Gasteiger partial charge on any atom is -0.309 e. The number of nitrogens with zero attached hydrogens (tertiary/aromatic N) is 3. The number of para-hydroxylation sites is 5. The number of hydrogen-bond acceptors (Lipinski definition) is 0. The van der Waals surface area contributed by atoms with Crippen LogP contribution in [0.15, 0.2) is 248 Å². The molecule has 13 rings (SSSR count). The molecule has 0 unspecified atom stereocenters. The van der Waals surface area contributed by atoms with Crippen molar-refractivity contribution in [2.75, 3.05) is 0 Å². The summed E-state index contributed by atoms with van der Waals surface area (Å²) < 4.78 is 121. The topological polar surface area (TPSA) is 14.8 Å². The average molecular weight is 845 g/mol. The van der Waals surface area contributed by atoms with Crippen LogP contribution in [0, 0.1) is 0 Å². The first-order valence-electron chi connectivity index (χ1n) is 27.5. The molecule has 0 fully saturated rings. The summed E-state index contributed by atoms with van der Waals surface area (Å²) in [6, 6.07) is 51.5. The van der Waals surface area contributed by atoms with Gasteiger partial charge in [0.2, 0.25) is 0 Å². The van der Waals surface area contributed by atoms with Crippen molar-refractivity contribution in [1.82, 2.24) is 13.7 Å². The van der Waals surface area contributed by atoms with Crippen molar-refractivity contribution in [3.63, 3.8) is 0 Å². The van der Waals surface area contributed by atoms with Gasteiger partial charge in [0.15, 0.2) is 8.07 Å². The molecule has 3 heterocycles. The Balaban J connectivity index is 1.13. The lowest BCUT2D eigenvalue weighted by Gasteiger charge is -2.35. The molecule has 0 radical (unpaired) electrons. The smallest absolute Gasteiger partial charge is 0.180 e. The zero-order valence-corrected chi connectivity index (χ0v) is 35.0. The highest BCUT2D eigenvalue weighted by Gasteiger charge is 2.43. The van der Waals surface area contributed by atoms with Gasteiger partial charge >= 0.3 is 0 Å². The molecule has 0 aliphatic carbocycles. The third-order valence-corrected chi connectivity index (χ3v) is 17.5. The van der Waals surface area contributed by atoms with Gasteiger partial charge in [-0.05, 0) is 93.4 Å². The number of rotatable bonds is 7. The second-order valence-electron chi connectivity index (χ2n) is 15.9. The van der Waals surface area contributed by atoms with Crippen LogP contribution < -0.4 is 20.7 Å². The van der Waals surface area contributed by atoms with Gasteiger partial charge < -0.3 is 13.7 Å². The summed E-state index contributed by atoms with van der Waals surface area (Å²) in [5, 5.41) is 7.68. The van der Waals surface area contributed by atoms with E-state index in [0.717, 1.165) is 59.0 Å². The van der Waals surface area contributed by atoms with Crippen LogP contribution in [0.25, 0.3) is 82.5 Å². The predicted octanol–water partition coefficient (Wildman–Crippen LogP) is 12.4. The second kappa shape index (κ2) is 14.5. The fourth-order valence-corrected chi connectivity index (χ4v) is 15.2. The third-order valence-electron chi connectivity index (χ3n) is 12.7. The first kappa shape index (κ1) is 25.7. The molecular formula is C60H41N3Si. The summed E-state index contributed by atoms with van der Waals surface area (Å²) in [4.78, 5) is 0. The molecule has 0 atom stereocenters. The van der Waals surface area contributed by atoms with Crippen LogP contribution in [0.2, 0.25) is 0 Å². The molecule has 3 aromatic heterocycles. The Morgan fingerprint density at radius 3 is 1.50 bits per heavy atom. The molecule has 13 aromatic rings. The predicted molar refractivity (Wildman–Crippen MR) is 273 cm³/mol. The maximum Gasteiger partial charge on any atom is 0.180 e. The second-order valence-corrected chi connectivity index (χ2v) is 19.7. The molecule has 0 saturated carbocycles. The number of aromatic nitrogens is 3. The quantitative estimate of drug-likeness (QED) is 0.112. The molecule has 10 aromatic carbocycles. The molecule has 0 aliphatic rings. The minimum atomic E-state index is -3.59. The lowest BCUT2D eigenvalue weighted by Crippen LogP contribution is -2.74. The summed E-state index contributed by atoms with van der Waals surface area (Å²) >= 11 is 0. The number of benzene rings is 10. The molecule has 300 valence electrons. The largest absolute Gasteiger partial charge is 0.309 e. The normalized spacial score (nSPS) is 14.9. The van der Waals surface area contributed by atoms with Gasteiger partial charge in [-0.25, -0.2) is 0 Å². The number of hydrogen-bond donors (Lipinski definition) is 0. The van der Waals surface area contributed by atoms with Crippen LogP contribution in [0.3, 0.4) is 0 Å². The Hall–Kier alpha value is -8.18. The Bertz CT molecular complexity index is 4540. The van der Waals surface area contributed by atoms with Crippen LogP contribution in [-0.4, -0.2) is 21.8 Å². The highest BCUT2D eigenvalue weighted by molar-refractivity contribution is 7.20. The molecule has 0 saturated heterocycles. The van der Waals surface area contributed by atoms with Gasteiger partial charge in [0.05, 0.1) is 50.9 Å². The SMILES string of the molecule is [2H]c1c([2H])c([2H])c(-n2c3ccccc3c3cc(-n4c5ccccc5c5c([Si](c6ccccc6)(c6ccccc6)c6cccc(-n7c8c([2H])c([2H])c([2H])c([2H])c8c8c([2H])c([2H])c([2H])c([2H])c87)c6)cccc54)ccc32)c([2H])c1[2H]. The van der Waals surface area contributed by atoms with Gasteiger partial charge in [-0.2, -0.15) is 0 Å². The zero-order chi connectivity index (χ0) is 53.5. The van der Waals surface area contributed by atoms with E-state index in [2.05, 4.69) is 71.3 Å². The summed E-state index contributed by atoms with van der Waals surface area (Å²) in [5.41, 5.74) is 4.63. The summed E-state index contributed by atoms with van der Waals surface area (Å²) in [6.07, 6.45) is 0. The molecule has 3 nitrogen and oxygen atoms in total. The van der Waals surface area contributed by atoms with Crippen LogP contribution in [-0.2, 0) is 0 Å². The fourth-order valence-electron chi connectivity index (χ4n) is 10.2. The van der Waals surface area contributed by atoms with Gasteiger partial charge in [0.25, 0.3) is 0 Å². The zero-order valence-electron chi connectivity index (χ0n) is 47.0. The fraction of sp³-hybridized carbons (Fsp3) is 0. The van der Waals surface area contributed by atoms with Crippen LogP contribution in [0.5, 0.6) is 0 Å². The van der Waals surface area contributed by atoms with Crippen LogP contribution >= 0.6 is 0 Å². The molecule has 0 spiro atoms. The monoisotopic (exact) mass is 844 g/mol. The maximum absolute atomic E-state index is 9.32. The molecule has 0 bridgehead atoms. The van der Waals surface area contributed by atoms with Gasteiger partial charge in [0, 0.05) is 49.4 Å². The van der Waals surface area contributed by atoms with E-state index in [9.17, 15) is 2.74 Å². The Labute approximate surface area is 390 Å². The van der Waals surface area contributed by atoms with E-state index in [1.165, 1.54) is 0 Å². The molecule has 0 N–H and O–H groups in total. The van der Waals surface area contributed by atoms with Crippen molar-refractivity contribution >= 4 is 94.2 Å². The van der Waals surface area contributed by atoms with Crippen molar-refractivity contribution in [2.45, 2.75) is 0 Å². The van der Waals surface area contributed by atoms with E-state index < -0.39 is 62.5 Å². The van der Waals surface area contributed by atoms with Gasteiger partial charge in [-0.15, -0.1) is 0 Å². The third kappa shape index (κ3) is 5.27. The first-order valence-corrected chi connectivity index (χ1v) is 23.0. The van der Waals surface area contributed by atoms with E-state index in [4.69, 9.17) is 15.1 Å². The van der Waals surface area contributed by atoms with Gasteiger partial charge in [-0.1, -0.05) is 176 Å². The highest BCUT2D eigenvalue weighted by Crippen LogP contribution is 2.38. The van der Waals surface area contributed by atoms with Crippen molar-refractivity contribution < 1.29 is 17.8 Å². The minimum absolute atomic E-state index is 0.00688. The number of fused-ring (bicyclic) bond motifs is 9. The van der Waals surface area contributed by atoms with E-state index in [-0.39, 0.29) is 51.7 Å². The summed E-state index contributed by atoms with van der Waals surface area (Å²) in [5.74, 6) is 0. The van der Waals surface area contributed by atoms with Gasteiger partial charge in [-0.3, -0.25) is 0 Å². The van der Waals surface area contributed by atoms with Crippen molar-refractivity contribution in [3.8, 4) is 17.1 Å². The lowest BCUT2D eigenvalue weighted by molar-refractivity contribution is 1.17. The Morgan fingerprint density at radius 2 is 0.797 bits per heavy atom. The van der Waals surface area contributed by atoms with Crippen molar-refractivity contribution in [3.05, 3.63) is 248 Å². The first-order chi connectivity index (χ1) is 37.2. The highest BCUT2D eigenvalue weighted by atomic mass is 28.3. The summed E-state index contributed by atoms with van der Waals surface area (Å²) in [7, 11) is -3.59. The van der Waals surface area contributed by atoms with E-state index in [0.29, 0.717) is 16.7 Å². The van der Waals surface area contributed by atoms with Crippen LogP contribution in [0.4, 0.5) is 0 Å². The molecule has 0 aliphatic heterocycles. The maximum atomic E-state index is 9.32. The lowest BCUT2D eigenvalue weighted by atomic mass is 10.1. The van der Waals surface area contributed by atoms with Crippen molar-refractivity contribution in [2.24, 2.45) is 0 Å². The Kier molecular flexibility index (Phi) is 5.80. The van der Waals surface area contributed by atoms with Crippen LogP contribution in [0.1, 0.15) is 17.8 Å². The molecule has 0 amide bonds. The van der Waals surface area contributed by atoms with E-state index in [1.807, 2.05) is 103 Å². The van der Waals surface area contributed by atoms with Gasteiger partial charge in [0.1, 0.15) is 0 Å². The molecular weight excluding hydrogens is 791 g/mol. The van der Waals surface area contributed by atoms with E-state index in [1.54, 1.807) is 9.13 Å². The standard InChI is InChI=1S/C60H41N3Si/c1-4-20-42(21-5-1)61-55-34-16-12-30-50(55)52-41-44(38-39-57(52)61)63-56-35-17-13-31-51(56)60-58(63)36-19-37-59(60)64(45-23-6-2-7-24-45,46-25-8-3-9-26-46)47-27-18-22-43(40-47)62-53-32-14-10-28-48(53)49-29-11-15-33-54(49)62/h1-41H/i1D,4D,5D,10D,11D,14D,15D,20D,21D,28D,29D,32D,33D. The Morgan fingerprint density at radius 1 is 0.297 bits per heavy atom. The van der Waals surface area contributed by atoms with E-state index >= 15 is 0 Å². The molecule has 64 heavy (non-hydrogen) atoms. The molecule has 4 heteroatoms.